The molecule has 0 atom stereocenters. The average molecular weight is 351 g/mol. The van der Waals surface area contributed by atoms with E-state index >= 15 is 0 Å². The number of carbonyl (C=O) groups is 1. The predicted octanol–water partition coefficient (Wildman–Crippen LogP) is 1.15. The van der Waals surface area contributed by atoms with E-state index in [1.165, 1.54) is 0 Å². The Morgan fingerprint density at radius 3 is 2.62 bits per heavy atom. The Bertz CT molecular complexity index is 965. The highest BCUT2D eigenvalue weighted by atomic mass is 16.5. The predicted molar refractivity (Wildman–Crippen MR) is 100 cm³/mol. The third kappa shape index (κ3) is 3.37. The van der Waals surface area contributed by atoms with Crippen LogP contribution in [0.2, 0.25) is 0 Å². The molecule has 7 nitrogen and oxygen atoms in total. The molecule has 132 valence electrons. The van der Waals surface area contributed by atoms with Gasteiger partial charge in [-0.1, -0.05) is 24.3 Å². The lowest BCUT2D eigenvalue weighted by Gasteiger charge is -2.20. The standard InChI is InChI=1S/C17H16BN3O2.CH2O2/c1-10-15-8-12(4-5-14(15)17(19)21-20-10)13-3-2-11-6-7-23-18(22)16(11)9-13;2-1-3/h2-5,8-9,22H,6-7H2,1H3,(H2,19,21);1H,(H,2,3). The molecule has 1 aliphatic heterocycles. The van der Waals surface area contributed by atoms with Crippen LogP contribution in [-0.2, 0) is 15.9 Å². The van der Waals surface area contributed by atoms with Crippen molar-refractivity contribution in [2.45, 2.75) is 13.3 Å². The summed E-state index contributed by atoms with van der Waals surface area (Å²) in [6, 6.07) is 12.2. The average Bonchev–Trinajstić information content (AvgIpc) is 2.65. The van der Waals surface area contributed by atoms with Crippen molar-refractivity contribution in [3.8, 4) is 11.1 Å². The molecule has 26 heavy (non-hydrogen) atoms. The molecule has 0 saturated carbocycles. The number of aryl methyl sites for hydroxylation is 1. The van der Waals surface area contributed by atoms with E-state index in [2.05, 4.69) is 28.4 Å². The summed E-state index contributed by atoms with van der Waals surface area (Å²) in [6.07, 6.45) is 0.829. The largest absolute Gasteiger partial charge is 0.491 e. The topological polar surface area (TPSA) is 119 Å². The van der Waals surface area contributed by atoms with Gasteiger partial charge in [-0.05, 0) is 47.6 Å². The van der Waals surface area contributed by atoms with Gasteiger partial charge < -0.3 is 20.5 Å². The molecule has 0 amide bonds. The quantitative estimate of drug-likeness (QED) is 0.444. The third-order valence-electron chi connectivity index (χ3n) is 4.39. The van der Waals surface area contributed by atoms with E-state index in [1.54, 1.807) is 0 Å². The maximum Gasteiger partial charge on any atom is 0.491 e. The molecule has 3 aromatic rings. The van der Waals surface area contributed by atoms with Gasteiger partial charge in [0.25, 0.3) is 6.47 Å². The Hall–Kier alpha value is -2.97. The van der Waals surface area contributed by atoms with Gasteiger partial charge in [-0.3, -0.25) is 4.79 Å². The molecule has 0 radical (unpaired) electrons. The molecule has 0 unspecified atom stereocenters. The van der Waals surface area contributed by atoms with Gasteiger partial charge >= 0.3 is 7.12 Å². The summed E-state index contributed by atoms with van der Waals surface area (Å²) in [5.41, 5.74) is 10.8. The van der Waals surface area contributed by atoms with E-state index in [4.69, 9.17) is 20.3 Å². The number of fused-ring (bicyclic) bond motifs is 2. The van der Waals surface area contributed by atoms with Crippen LogP contribution in [0.15, 0.2) is 36.4 Å². The van der Waals surface area contributed by atoms with E-state index < -0.39 is 7.12 Å². The summed E-state index contributed by atoms with van der Waals surface area (Å²) in [4.78, 5) is 8.36. The summed E-state index contributed by atoms with van der Waals surface area (Å²) in [7, 11) is -0.845. The van der Waals surface area contributed by atoms with Crippen molar-refractivity contribution < 1.29 is 19.6 Å². The van der Waals surface area contributed by atoms with E-state index in [0.717, 1.165) is 45.0 Å². The molecule has 2 heterocycles. The molecule has 0 bridgehead atoms. The van der Waals surface area contributed by atoms with Gasteiger partial charge in [-0.25, -0.2) is 0 Å². The van der Waals surface area contributed by atoms with E-state index in [0.29, 0.717) is 12.4 Å². The SMILES string of the molecule is Cc1nnc(N)c2ccc(-c3ccc4c(c3)B(O)OCC4)cc12.O=CO. The second kappa shape index (κ2) is 7.51. The van der Waals surface area contributed by atoms with Gasteiger partial charge in [0.15, 0.2) is 5.82 Å². The molecule has 0 spiro atoms. The number of nitrogens with zero attached hydrogens (tertiary/aromatic N) is 2. The van der Waals surface area contributed by atoms with E-state index in [9.17, 15) is 5.02 Å². The van der Waals surface area contributed by atoms with Gasteiger partial charge in [0, 0.05) is 17.4 Å². The van der Waals surface area contributed by atoms with Crippen LogP contribution in [0.1, 0.15) is 11.3 Å². The number of rotatable bonds is 1. The number of carboxylic acid groups (broad SMARTS) is 1. The van der Waals surface area contributed by atoms with Gasteiger partial charge in [0.1, 0.15) is 0 Å². The first-order valence-electron chi connectivity index (χ1n) is 8.08. The molecule has 0 fully saturated rings. The smallest absolute Gasteiger partial charge is 0.483 e. The highest BCUT2D eigenvalue weighted by Gasteiger charge is 2.24. The molecule has 0 saturated heterocycles. The second-order valence-electron chi connectivity index (χ2n) is 5.92. The Labute approximate surface area is 150 Å². The normalized spacial score (nSPS) is 12.9. The lowest BCUT2D eigenvalue weighted by Crippen LogP contribution is -2.41. The maximum atomic E-state index is 10.0. The molecule has 4 rings (SSSR count). The monoisotopic (exact) mass is 351 g/mol. The first-order chi connectivity index (χ1) is 12.5. The number of nitrogens with two attached hydrogens (primary N) is 1. The number of hydrogen-bond acceptors (Lipinski definition) is 6. The summed E-state index contributed by atoms with van der Waals surface area (Å²) in [5.74, 6) is 0.436. The Balaban J connectivity index is 0.000000613. The highest BCUT2D eigenvalue weighted by molar-refractivity contribution is 6.61. The maximum absolute atomic E-state index is 10.0. The summed E-state index contributed by atoms with van der Waals surface area (Å²) >= 11 is 0. The van der Waals surface area contributed by atoms with Gasteiger partial charge in [-0.2, -0.15) is 5.10 Å². The van der Waals surface area contributed by atoms with Crippen LogP contribution < -0.4 is 11.2 Å². The third-order valence-corrected chi connectivity index (χ3v) is 4.39. The number of anilines is 1. The lowest BCUT2D eigenvalue weighted by molar-refractivity contribution is -0.122. The van der Waals surface area contributed by atoms with Crippen molar-refractivity contribution in [2.75, 3.05) is 12.3 Å². The Morgan fingerprint density at radius 1 is 1.15 bits per heavy atom. The zero-order valence-electron chi connectivity index (χ0n) is 14.2. The molecule has 2 aromatic carbocycles. The van der Waals surface area contributed by atoms with E-state index in [-0.39, 0.29) is 6.47 Å². The zero-order valence-corrected chi connectivity index (χ0v) is 14.2. The number of hydrogen-bond donors (Lipinski definition) is 3. The molecule has 1 aliphatic rings. The van der Waals surface area contributed by atoms with Crippen LogP contribution in [-0.4, -0.2) is 40.5 Å². The van der Waals surface area contributed by atoms with Crippen LogP contribution in [0.5, 0.6) is 0 Å². The van der Waals surface area contributed by atoms with Gasteiger partial charge in [0.05, 0.1) is 5.69 Å². The van der Waals surface area contributed by atoms with Crippen LogP contribution in [0, 0.1) is 6.92 Å². The second-order valence-corrected chi connectivity index (χ2v) is 5.92. The number of aromatic nitrogens is 2. The van der Waals surface area contributed by atoms with Crippen molar-refractivity contribution in [1.82, 2.24) is 10.2 Å². The van der Waals surface area contributed by atoms with Crippen molar-refractivity contribution in [1.29, 1.82) is 0 Å². The van der Waals surface area contributed by atoms with Gasteiger partial charge in [-0.15, -0.1) is 5.10 Å². The summed E-state index contributed by atoms with van der Waals surface area (Å²) in [5, 5.41) is 26.9. The lowest BCUT2D eigenvalue weighted by atomic mass is 9.72. The first-order valence-corrected chi connectivity index (χ1v) is 8.08. The first kappa shape index (κ1) is 17.8. The molecule has 0 aliphatic carbocycles. The van der Waals surface area contributed by atoms with Crippen molar-refractivity contribution in [3.05, 3.63) is 47.7 Å². The fraction of sp³-hybridized carbons (Fsp3) is 0.167. The van der Waals surface area contributed by atoms with Gasteiger partial charge in [0.2, 0.25) is 0 Å². The summed E-state index contributed by atoms with van der Waals surface area (Å²) in [6.45, 7) is 2.23. The van der Waals surface area contributed by atoms with Crippen molar-refractivity contribution in [2.24, 2.45) is 0 Å². The summed E-state index contributed by atoms with van der Waals surface area (Å²) < 4.78 is 5.32. The van der Waals surface area contributed by atoms with E-state index in [1.807, 2.05) is 25.1 Å². The molecular weight excluding hydrogens is 333 g/mol. The van der Waals surface area contributed by atoms with Crippen molar-refractivity contribution >= 4 is 35.6 Å². The highest BCUT2D eigenvalue weighted by Crippen LogP contribution is 2.28. The van der Waals surface area contributed by atoms with Crippen molar-refractivity contribution in [3.63, 3.8) is 0 Å². The fourth-order valence-electron chi connectivity index (χ4n) is 3.09. The minimum absolute atomic E-state index is 0.250. The molecule has 1 aromatic heterocycles. The molecular formula is C18H18BN3O4. The number of benzene rings is 2. The minimum Gasteiger partial charge on any atom is -0.483 e. The number of nitrogen functional groups attached to an aromatic ring is 1. The van der Waals surface area contributed by atoms with Crippen LogP contribution in [0.3, 0.4) is 0 Å². The van der Waals surface area contributed by atoms with Crippen LogP contribution in [0.4, 0.5) is 5.82 Å². The van der Waals surface area contributed by atoms with Crippen LogP contribution in [0.25, 0.3) is 21.9 Å². The van der Waals surface area contributed by atoms with Crippen LogP contribution >= 0.6 is 0 Å². The Morgan fingerprint density at radius 2 is 1.85 bits per heavy atom. The Kier molecular flexibility index (Phi) is 5.15. The zero-order chi connectivity index (χ0) is 18.7. The molecule has 4 N–H and O–H groups in total. The molecule has 8 heteroatoms. The minimum atomic E-state index is -0.845. The fourth-order valence-corrected chi connectivity index (χ4v) is 3.09.